The quantitative estimate of drug-likeness (QED) is 0.839. The largest absolute Gasteiger partial charge is 0.497 e. The molecular formula is C14H18BrNO. The SMILES string of the molecule is CC#CCC(NCC)c1cc(OC)ccc1Br. The van der Waals surface area contributed by atoms with E-state index in [1.54, 1.807) is 7.11 Å². The molecule has 92 valence electrons. The molecule has 1 unspecified atom stereocenters. The molecule has 1 aromatic rings. The topological polar surface area (TPSA) is 21.3 Å². The summed E-state index contributed by atoms with van der Waals surface area (Å²) in [4.78, 5) is 0. The smallest absolute Gasteiger partial charge is 0.119 e. The number of rotatable bonds is 5. The van der Waals surface area contributed by atoms with Crippen molar-refractivity contribution in [2.24, 2.45) is 0 Å². The summed E-state index contributed by atoms with van der Waals surface area (Å²) in [5.74, 6) is 6.93. The van der Waals surface area contributed by atoms with E-state index in [-0.39, 0.29) is 6.04 Å². The van der Waals surface area contributed by atoms with Crippen molar-refractivity contribution >= 4 is 15.9 Å². The average molecular weight is 296 g/mol. The zero-order valence-electron chi connectivity index (χ0n) is 10.5. The summed E-state index contributed by atoms with van der Waals surface area (Å²) in [6.45, 7) is 4.88. The van der Waals surface area contributed by atoms with Crippen LogP contribution in [-0.2, 0) is 0 Å². The number of benzene rings is 1. The van der Waals surface area contributed by atoms with Gasteiger partial charge >= 0.3 is 0 Å². The standard InChI is InChI=1S/C14H18BrNO/c1-4-6-7-14(16-5-2)12-10-11(17-3)8-9-13(12)15/h8-10,14,16H,5,7H2,1-3H3. The molecule has 0 saturated carbocycles. The third-order valence-corrected chi connectivity index (χ3v) is 3.23. The second kappa shape index (κ2) is 7.37. The van der Waals surface area contributed by atoms with E-state index in [0.29, 0.717) is 0 Å². The Labute approximate surface area is 112 Å². The second-order valence-corrected chi connectivity index (χ2v) is 4.48. The lowest BCUT2D eigenvalue weighted by Gasteiger charge is -2.18. The Bertz CT molecular complexity index is 420. The van der Waals surface area contributed by atoms with Crippen LogP contribution in [0.5, 0.6) is 5.75 Å². The molecule has 1 atom stereocenters. The van der Waals surface area contributed by atoms with Crippen LogP contribution in [0.3, 0.4) is 0 Å². The predicted molar refractivity (Wildman–Crippen MR) is 75.2 cm³/mol. The summed E-state index contributed by atoms with van der Waals surface area (Å²) < 4.78 is 6.34. The summed E-state index contributed by atoms with van der Waals surface area (Å²) in [6.07, 6.45) is 0.802. The van der Waals surface area contributed by atoms with E-state index in [1.165, 1.54) is 5.56 Å². The first-order chi connectivity index (χ1) is 8.22. The molecule has 0 fully saturated rings. The van der Waals surface area contributed by atoms with Gasteiger partial charge in [-0.3, -0.25) is 0 Å². The number of hydrogen-bond acceptors (Lipinski definition) is 2. The van der Waals surface area contributed by atoms with Gasteiger partial charge in [-0.05, 0) is 37.2 Å². The highest BCUT2D eigenvalue weighted by molar-refractivity contribution is 9.10. The zero-order valence-corrected chi connectivity index (χ0v) is 12.1. The molecule has 0 heterocycles. The summed E-state index contributed by atoms with van der Waals surface area (Å²) >= 11 is 3.58. The lowest BCUT2D eigenvalue weighted by atomic mass is 10.0. The lowest BCUT2D eigenvalue weighted by molar-refractivity contribution is 0.413. The van der Waals surface area contributed by atoms with E-state index in [4.69, 9.17) is 4.74 Å². The van der Waals surface area contributed by atoms with Gasteiger partial charge in [-0.1, -0.05) is 22.9 Å². The van der Waals surface area contributed by atoms with Crippen LogP contribution < -0.4 is 10.1 Å². The van der Waals surface area contributed by atoms with Crippen molar-refractivity contribution in [1.82, 2.24) is 5.32 Å². The number of methoxy groups -OCH3 is 1. The van der Waals surface area contributed by atoms with Gasteiger partial charge < -0.3 is 10.1 Å². The van der Waals surface area contributed by atoms with Gasteiger partial charge in [0.1, 0.15) is 5.75 Å². The third kappa shape index (κ3) is 4.07. The molecule has 1 aromatic carbocycles. The fourth-order valence-electron chi connectivity index (χ4n) is 1.66. The Kier molecular flexibility index (Phi) is 6.10. The molecular weight excluding hydrogens is 278 g/mol. The van der Waals surface area contributed by atoms with Crippen molar-refractivity contribution in [3.05, 3.63) is 28.2 Å². The summed E-state index contributed by atoms with van der Waals surface area (Å²) in [5, 5.41) is 3.44. The van der Waals surface area contributed by atoms with E-state index in [0.717, 1.165) is 23.2 Å². The molecule has 0 aliphatic carbocycles. The number of nitrogens with one attached hydrogen (secondary N) is 1. The first-order valence-electron chi connectivity index (χ1n) is 5.69. The molecule has 0 amide bonds. The van der Waals surface area contributed by atoms with Crippen LogP contribution in [0.4, 0.5) is 0 Å². The predicted octanol–water partition coefficient (Wildman–Crippen LogP) is 3.52. The van der Waals surface area contributed by atoms with Gasteiger partial charge in [0.25, 0.3) is 0 Å². The maximum absolute atomic E-state index is 5.26. The van der Waals surface area contributed by atoms with E-state index in [9.17, 15) is 0 Å². The minimum Gasteiger partial charge on any atom is -0.497 e. The Morgan fingerprint density at radius 3 is 2.82 bits per heavy atom. The van der Waals surface area contributed by atoms with Crippen molar-refractivity contribution in [2.75, 3.05) is 13.7 Å². The first kappa shape index (κ1) is 14.1. The zero-order chi connectivity index (χ0) is 12.7. The van der Waals surface area contributed by atoms with Crippen LogP contribution in [0, 0.1) is 11.8 Å². The molecule has 0 aliphatic heterocycles. The Balaban J connectivity index is 3.01. The maximum Gasteiger partial charge on any atom is 0.119 e. The minimum absolute atomic E-state index is 0.233. The maximum atomic E-state index is 5.26. The number of ether oxygens (including phenoxy) is 1. The summed E-state index contributed by atoms with van der Waals surface area (Å²) in [5.41, 5.74) is 1.19. The molecule has 3 heteroatoms. The summed E-state index contributed by atoms with van der Waals surface area (Å²) in [6, 6.07) is 6.24. The van der Waals surface area contributed by atoms with Crippen molar-refractivity contribution in [3.63, 3.8) is 0 Å². The lowest BCUT2D eigenvalue weighted by Crippen LogP contribution is -2.20. The normalized spacial score (nSPS) is 11.5. The van der Waals surface area contributed by atoms with Gasteiger partial charge in [-0.2, -0.15) is 0 Å². The van der Waals surface area contributed by atoms with Gasteiger partial charge in [0, 0.05) is 16.9 Å². The van der Waals surface area contributed by atoms with Gasteiger partial charge in [0.05, 0.1) is 7.11 Å². The molecule has 1 N–H and O–H groups in total. The summed E-state index contributed by atoms with van der Waals surface area (Å²) in [7, 11) is 1.68. The fourth-order valence-corrected chi connectivity index (χ4v) is 2.18. The van der Waals surface area contributed by atoms with Crippen molar-refractivity contribution in [1.29, 1.82) is 0 Å². The molecule has 0 saturated heterocycles. The van der Waals surface area contributed by atoms with E-state index >= 15 is 0 Å². The van der Waals surface area contributed by atoms with E-state index in [2.05, 4.69) is 46.1 Å². The van der Waals surface area contributed by atoms with Crippen molar-refractivity contribution < 1.29 is 4.74 Å². The Morgan fingerprint density at radius 2 is 2.24 bits per heavy atom. The first-order valence-corrected chi connectivity index (χ1v) is 6.48. The molecule has 1 rings (SSSR count). The molecule has 0 aliphatic rings. The van der Waals surface area contributed by atoms with Gasteiger partial charge in [-0.25, -0.2) is 0 Å². The van der Waals surface area contributed by atoms with Crippen molar-refractivity contribution in [3.8, 4) is 17.6 Å². The van der Waals surface area contributed by atoms with Crippen molar-refractivity contribution in [2.45, 2.75) is 26.3 Å². The van der Waals surface area contributed by atoms with Crippen LogP contribution in [0.1, 0.15) is 31.9 Å². The van der Waals surface area contributed by atoms with E-state index in [1.807, 2.05) is 19.1 Å². The molecule has 17 heavy (non-hydrogen) atoms. The van der Waals surface area contributed by atoms with Gasteiger partial charge in [-0.15, -0.1) is 11.8 Å². The second-order valence-electron chi connectivity index (χ2n) is 3.63. The third-order valence-electron chi connectivity index (χ3n) is 2.51. The van der Waals surface area contributed by atoms with Crippen LogP contribution >= 0.6 is 15.9 Å². The highest BCUT2D eigenvalue weighted by Crippen LogP contribution is 2.29. The number of halogens is 1. The number of hydrogen-bond donors (Lipinski definition) is 1. The van der Waals surface area contributed by atoms with Crippen LogP contribution in [0.25, 0.3) is 0 Å². The van der Waals surface area contributed by atoms with Gasteiger partial charge in [0.15, 0.2) is 0 Å². The van der Waals surface area contributed by atoms with Gasteiger partial charge in [0.2, 0.25) is 0 Å². The highest BCUT2D eigenvalue weighted by Gasteiger charge is 2.13. The van der Waals surface area contributed by atoms with Crippen LogP contribution in [-0.4, -0.2) is 13.7 Å². The molecule has 0 bridgehead atoms. The monoisotopic (exact) mass is 295 g/mol. The molecule has 0 spiro atoms. The Morgan fingerprint density at radius 1 is 1.47 bits per heavy atom. The van der Waals surface area contributed by atoms with Crippen LogP contribution in [0.15, 0.2) is 22.7 Å². The van der Waals surface area contributed by atoms with E-state index < -0.39 is 0 Å². The van der Waals surface area contributed by atoms with Crippen LogP contribution in [0.2, 0.25) is 0 Å². The molecule has 2 nitrogen and oxygen atoms in total. The molecule has 0 radical (unpaired) electrons. The fraction of sp³-hybridized carbons (Fsp3) is 0.429. The minimum atomic E-state index is 0.233. The molecule has 0 aromatic heterocycles. The Hall–Kier alpha value is -0.980. The average Bonchev–Trinajstić information content (AvgIpc) is 2.35. The highest BCUT2D eigenvalue weighted by atomic mass is 79.9.